The molecule has 0 aromatic rings. The number of esters is 1. The molecule has 0 heterocycles. The molecule has 1 unspecified atom stereocenters. The minimum absolute atomic E-state index is 0.188. The molecular formula is C36H68O4. The van der Waals surface area contributed by atoms with Crippen molar-refractivity contribution in [2.45, 2.75) is 194 Å². The lowest BCUT2D eigenvalue weighted by atomic mass is 10.0. The maximum atomic E-state index is 12.4. The summed E-state index contributed by atoms with van der Waals surface area (Å²) in [5.41, 5.74) is 0. The number of carboxylic acid groups (broad SMARTS) is 1. The highest BCUT2D eigenvalue weighted by Gasteiger charge is 2.20. The molecular weight excluding hydrogens is 496 g/mol. The van der Waals surface area contributed by atoms with Crippen LogP contribution in [-0.2, 0) is 14.3 Å². The molecule has 4 heteroatoms. The first-order valence-corrected chi connectivity index (χ1v) is 17.7. The lowest BCUT2D eigenvalue weighted by molar-refractivity contribution is -0.151. The third kappa shape index (κ3) is 29.7. The Bertz CT molecular complexity index is 571. The van der Waals surface area contributed by atoms with Crippen LogP contribution in [0, 0.1) is 5.92 Å². The Morgan fingerprint density at radius 2 is 0.900 bits per heavy atom. The number of unbranched alkanes of at least 4 members (excludes halogenated alkanes) is 25. The minimum atomic E-state index is -0.951. The summed E-state index contributed by atoms with van der Waals surface area (Å²) in [6.45, 7) is 4.93. The monoisotopic (exact) mass is 565 g/mol. The highest BCUT2D eigenvalue weighted by atomic mass is 16.5. The number of hydrogen-bond donors (Lipinski definition) is 1. The molecule has 0 aromatic heterocycles. The van der Waals surface area contributed by atoms with Gasteiger partial charge in [-0.2, -0.15) is 0 Å². The standard InChI is InChI=1S/C36H68O4/c1-3-5-7-9-11-13-15-17-18-19-20-21-23-25-27-29-31-34(33-35(37)38)36(39)40-32-30-28-26-24-22-16-14-12-10-8-6-4-2/h29,31,34H,3-28,30,32-33H2,1-2H3,(H,37,38). The van der Waals surface area contributed by atoms with E-state index in [2.05, 4.69) is 13.8 Å². The molecule has 0 saturated carbocycles. The zero-order valence-electron chi connectivity index (χ0n) is 26.9. The van der Waals surface area contributed by atoms with Crippen molar-refractivity contribution in [2.75, 3.05) is 6.61 Å². The Kier molecular flexibility index (Phi) is 31.1. The van der Waals surface area contributed by atoms with Crippen LogP contribution in [-0.4, -0.2) is 23.7 Å². The van der Waals surface area contributed by atoms with Gasteiger partial charge in [-0.25, -0.2) is 0 Å². The van der Waals surface area contributed by atoms with Crippen LogP contribution >= 0.6 is 0 Å². The first-order valence-electron chi connectivity index (χ1n) is 17.7. The number of ether oxygens (including phenoxy) is 1. The number of carbonyl (C=O) groups is 2. The number of aliphatic carboxylic acids is 1. The van der Waals surface area contributed by atoms with E-state index in [0.29, 0.717) is 6.61 Å². The number of carbonyl (C=O) groups excluding carboxylic acids is 1. The van der Waals surface area contributed by atoms with Gasteiger partial charge in [0.15, 0.2) is 0 Å². The number of allylic oxidation sites excluding steroid dienone is 1. The molecule has 40 heavy (non-hydrogen) atoms. The summed E-state index contributed by atoms with van der Waals surface area (Å²) >= 11 is 0. The smallest absolute Gasteiger partial charge is 0.313 e. The molecule has 4 nitrogen and oxygen atoms in total. The van der Waals surface area contributed by atoms with Gasteiger partial charge in [0, 0.05) is 0 Å². The van der Waals surface area contributed by atoms with Crippen LogP contribution in [0.3, 0.4) is 0 Å². The summed E-state index contributed by atoms with van der Waals surface area (Å²) < 4.78 is 5.42. The summed E-state index contributed by atoms with van der Waals surface area (Å²) in [7, 11) is 0. The van der Waals surface area contributed by atoms with Crippen molar-refractivity contribution < 1.29 is 19.4 Å². The second kappa shape index (κ2) is 32.2. The second-order valence-electron chi connectivity index (χ2n) is 12.1. The molecule has 1 N–H and O–H groups in total. The van der Waals surface area contributed by atoms with E-state index in [0.717, 1.165) is 25.7 Å². The molecule has 0 rings (SSSR count). The molecule has 0 aliphatic rings. The molecule has 0 saturated heterocycles. The van der Waals surface area contributed by atoms with Crippen molar-refractivity contribution in [1.82, 2.24) is 0 Å². The maximum Gasteiger partial charge on any atom is 0.313 e. The number of rotatable bonds is 32. The van der Waals surface area contributed by atoms with Gasteiger partial charge in [-0.1, -0.05) is 180 Å². The van der Waals surface area contributed by atoms with Gasteiger partial charge >= 0.3 is 11.9 Å². The fraction of sp³-hybridized carbons (Fsp3) is 0.889. The maximum absolute atomic E-state index is 12.4. The van der Waals surface area contributed by atoms with Crippen molar-refractivity contribution in [3.63, 3.8) is 0 Å². The SMILES string of the molecule is CCCCCCCCCCCCCCCCC=CC(CC(=O)O)C(=O)OCCCCCCCCCCCCCC. The quantitative estimate of drug-likeness (QED) is 0.0501. The Balaban J connectivity index is 3.71. The predicted octanol–water partition coefficient (Wildman–Crippen LogP) is 11.7. The number of carboxylic acids is 1. The largest absolute Gasteiger partial charge is 0.481 e. The van der Waals surface area contributed by atoms with Crippen molar-refractivity contribution in [2.24, 2.45) is 5.92 Å². The lowest BCUT2D eigenvalue weighted by Crippen LogP contribution is -2.19. The average Bonchev–Trinajstić information content (AvgIpc) is 2.94. The van der Waals surface area contributed by atoms with Gasteiger partial charge in [0.1, 0.15) is 0 Å². The normalized spacial score (nSPS) is 12.2. The van der Waals surface area contributed by atoms with Gasteiger partial charge in [-0.05, 0) is 19.3 Å². The summed E-state index contributed by atoms with van der Waals surface area (Å²) in [5, 5.41) is 9.21. The molecule has 0 fully saturated rings. The molecule has 0 amide bonds. The van der Waals surface area contributed by atoms with Crippen LogP contribution in [0.15, 0.2) is 12.2 Å². The summed E-state index contributed by atoms with van der Waals surface area (Å²) in [6, 6.07) is 0. The number of hydrogen-bond acceptors (Lipinski definition) is 3. The minimum Gasteiger partial charge on any atom is -0.481 e. The second-order valence-corrected chi connectivity index (χ2v) is 12.1. The van der Waals surface area contributed by atoms with E-state index in [1.165, 1.54) is 148 Å². The van der Waals surface area contributed by atoms with E-state index in [1.54, 1.807) is 6.08 Å². The zero-order chi connectivity index (χ0) is 29.4. The van der Waals surface area contributed by atoms with Crippen molar-refractivity contribution in [3.05, 3.63) is 12.2 Å². The van der Waals surface area contributed by atoms with Crippen LogP contribution < -0.4 is 0 Å². The Hall–Kier alpha value is -1.32. The first kappa shape index (κ1) is 38.7. The third-order valence-corrected chi connectivity index (χ3v) is 8.03. The predicted molar refractivity (Wildman–Crippen MR) is 172 cm³/mol. The van der Waals surface area contributed by atoms with Gasteiger partial charge in [0.25, 0.3) is 0 Å². The van der Waals surface area contributed by atoms with E-state index in [9.17, 15) is 14.7 Å². The summed E-state index contributed by atoms with van der Waals surface area (Å²) in [5.74, 6) is -2.00. The van der Waals surface area contributed by atoms with Crippen molar-refractivity contribution >= 4 is 11.9 Å². The Morgan fingerprint density at radius 3 is 1.27 bits per heavy atom. The third-order valence-electron chi connectivity index (χ3n) is 8.03. The fourth-order valence-corrected chi connectivity index (χ4v) is 5.36. The zero-order valence-corrected chi connectivity index (χ0v) is 26.9. The van der Waals surface area contributed by atoms with E-state index in [4.69, 9.17) is 4.74 Å². The van der Waals surface area contributed by atoms with Crippen LogP contribution in [0.1, 0.15) is 194 Å². The van der Waals surface area contributed by atoms with Gasteiger partial charge < -0.3 is 9.84 Å². The molecule has 0 aliphatic carbocycles. The van der Waals surface area contributed by atoms with Gasteiger partial charge in [0.2, 0.25) is 0 Å². The van der Waals surface area contributed by atoms with Crippen LogP contribution in [0.5, 0.6) is 0 Å². The molecule has 0 aromatic carbocycles. The Labute approximate surface area is 249 Å². The molecule has 0 bridgehead atoms. The van der Waals surface area contributed by atoms with Gasteiger partial charge in [0.05, 0.1) is 18.9 Å². The van der Waals surface area contributed by atoms with Crippen LogP contribution in [0.25, 0.3) is 0 Å². The summed E-state index contributed by atoms with van der Waals surface area (Å²) in [6.07, 6.45) is 38.4. The van der Waals surface area contributed by atoms with E-state index in [1.807, 2.05) is 6.08 Å². The average molecular weight is 565 g/mol. The molecule has 1 atom stereocenters. The van der Waals surface area contributed by atoms with Gasteiger partial charge in [-0.3, -0.25) is 9.59 Å². The molecule has 0 spiro atoms. The fourth-order valence-electron chi connectivity index (χ4n) is 5.36. The van der Waals surface area contributed by atoms with E-state index in [-0.39, 0.29) is 12.4 Å². The van der Waals surface area contributed by atoms with Gasteiger partial charge in [-0.15, -0.1) is 0 Å². The Morgan fingerprint density at radius 1 is 0.550 bits per heavy atom. The molecule has 0 aliphatic heterocycles. The van der Waals surface area contributed by atoms with Crippen molar-refractivity contribution in [3.8, 4) is 0 Å². The molecule has 236 valence electrons. The van der Waals surface area contributed by atoms with Crippen LogP contribution in [0.2, 0.25) is 0 Å². The molecule has 0 radical (unpaired) electrons. The lowest BCUT2D eigenvalue weighted by Gasteiger charge is -2.11. The van der Waals surface area contributed by atoms with E-state index >= 15 is 0 Å². The highest BCUT2D eigenvalue weighted by Crippen LogP contribution is 2.15. The topological polar surface area (TPSA) is 63.6 Å². The highest BCUT2D eigenvalue weighted by molar-refractivity contribution is 5.80. The van der Waals surface area contributed by atoms with Crippen molar-refractivity contribution in [1.29, 1.82) is 0 Å². The van der Waals surface area contributed by atoms with Crippen LogP contribution in [0.4, 0.5) is 0 Å². The summed E-state index contributed by atoms with van der Waals surface area (Å²) in [4.78, 5) is 23.7. The van der Waals surface area contributed by atoms with E-state index < -0.39 is 11.9 Å². The first-order chi connectivity index (χ1) is 19.6.